The molecule has 0 saturated carbocycles. The monoisotopic (exact) mass is 487 g/mol. The van der Waals surface area contributed by atoms with Crippen LogP contribution in [0.4, 0.5) is 0 Å². The smallest absolute Gasteiger partial charge is 0.135 e. The SMILES string of the molecule is Cc1c(-c2ccc(-c3cc4ccc(C5=NCCCN5)cc4o3)cc2)[nH]c2cc(C3=NCCCN3)ccc12. The summed E-state index contributed by atoms with van der Waals surface area (Å²) in [5, 5.41) is 9.15. The summed E-state index contributed by atoms with van der Waals surface area (Å²) in [6.07, 6.45) is 2.18. The van der Waals surface area contributed by atoms with Gasteiger partial charge < -0.3 is 20.0 Å². The number of aliphatic imine (C=N–C) groups is 2. The maximum absolute atomic E-state index is 6.27. The molecule has 0 saturated heterocycles. The van der Waals surface area contributed by atoms with E-state index >= 15 is 0 Å². The van der Waals surface area contributed by atoms with Crippen LogP contribution in [-0.4, -0.2) is 42.8 Å². The number of rotatable bonds is 4. The minimum Gasteiger partial charge on any atom is -0.456 e. The van der Waals surface area contributed by atoms with Gasteiger partial charge in [-0.05, 0) is 49.1 Å². The second-order valence-electron chi connectivity index (χ2n) is 9.85. The van der Waals surface area contributed by atoms with Gasteiger partial charge in [0.25, 0.3) is 0 Å². The summed E-state index contributed by atoms with van der Waals surface area (Å²) in [4.78, 5) is 12.9. The van der Waals surface area contributed by atoms with Gasteiger partial charge in [-0.3, -0.25) is 9.98 Å². The first-order valence-corrected chi connectivity index (χ1v) is 13.1. The van der Waals surface area contributed by atoms with E-state index < -0.39 is 0 Å². The molecule has 6 heteroatoms. The fraction of sp³-hybridized carbons (Fsp3) is 0.226. The van der Waals surface area contributed by atoms with Crippen molar-refractivity contribution in [2.75, 3.05) is 26.2 Å². The lowest BCUT2D eigenvalue weighted by Gasteiger charge is -2.14. The van der Waals surface area contributed by atoms with Crippen LogP contribution < -0.4 is 10.6 Å². The van der Waals surface area contributed by atoms with Crippen molar-refractivity contribution in [3.8, 4) is 22.6 Å². The third-order valence-corrected chi connectivity index (χ3v) is 7.38. The Labute approximate surface area is 215 Å². The summed E-state index contributed by atoms with van der Waals surface area (Å²) < 4.78 is 6.27. The molecule has 5 aromatic rings. The van der Waals surface area contributed by atoms with Crippen LogP contribution in [-0.2, 0) is 0 Å². The summed E-state index contributed by atoms with van der Waals surface area (Å²) in [6, 6.07) is 23.6. The maximum Gasteiger partial charge on any atom is 0.135 e. The van der Waals surface area contributed by atoms with Gasteiger partial charge in [-0.25, -0.2) is 0 Å². The Morgan fingerprint density at radius 1 is 0.703 bits per heavy atom. The third-order valence-electron chi connectivity index (χ3n) is 7.38. The minimum absolute atomic E-state index is 0.871. The molecule has 0 amide bonds. The van der Waals surface area contributed by atoms with E-state index in [0.717, 1.165) is 101 Å². The summed E-state index contributed by atoms with van der Waals surface area (Å²) in [5.74, 6) is 2.82. The van der Waals surface area contributed by atoms with E-state index in [4.69, 9.17) is 4.42 Å². The molecule has 2 aromatic heterocycles. The number of hydrogen-bond acceptors (Lipinski definition) is 5. The van der Waals surface area contributed by atoms with Crippen LogP contribution >= 0.6 is 0 Å². The number of H-pyrrole nitrogens is 1. The number of amidine groups is 2. The van der Waals surface area contributed by atoms with Crippen molar-refractivity contribution in [3.05, 3.63) is 83.4 Å². The molecule has 0 radical (unpaired) electrons. The molecule has 3 N–H and O–H groups in total. The van der Waals surface area contributed by atoms with Gasteiger partial charge in [0.1, 0.15) is 23.0 Å². The molecule has 184 valence electrons. The van der Waals surface area contributed by atoms with E-state index in [0.29, 0.717) is 0 Å². The van der Waals surface area contributed by atoms with Crippen LogP contribution in [0, 0.1) is 6.92 Å². The maximum atomic E-state index is 6.27. The Morgan fingerprint density at radius 2 is 1.35 bits per heavy atom. The quantitative estimate of drug-likeness (QED) is 0.289. The van der Waals surface area contributed by atoms with Crippen molar-refractivity contribution in [1.82, 2.24) is 15.6 Å². The summed E-state index contributed by atoms with van der Waals surface area (Å²) in [7, 11) is 0. The minimum atomic E-state index is 0.871. The zero-order chi connectivity index (χ0) is 24.8. The highest BCUT2D eigenvalue weighted by atomic mass is 16.3. The predicted octanol–water partition coefficient (Wildman–Crippen LogP) is 6.04. The highest BCUT2D eigenvalue weighted by Crippen LogP contribution is 2.33. The molecule has 0 fully saturated rings. The number of fused-ring (bicyclic) bond motifs is 2. The van der Waals surface area contributed by atoms with Gasteiger partial charge in [-0.1, -0.05) is 48.5 Å². The van der Waals surface area contributed by atoms with E-state index in [2.05, 4.69) is 99.3 Å². The standard InChI is InChI=1S/C31H29N5O/c1-19-25-11-10-23(30-32-12-2-13-33-30)16-26(25)36-29(19)21-6-4-20(5-7-21)27-17-22-8-9-24(18-28(22)37-27)31-34-14-3-15-35-31/h4-11,16-18,36H,2-3,12-15H2,1H3,(H,32,33)(H,34,35). The van der Waals surface area contributed by atoms with Gasteiger partial charge in [0.05, 0.1) is 0 Å². The van der Waals surface area contributed by atoms with Gasteiger partial charge in [-0.15, -0.1) is 0 Å². The summed E-state index contributed by atoms with van der Waals surface area (Å²) in [5.41, 5.74) is 8.84. The Hall–Kier alpha value is -4.32. The average molecular weight is 488 g/mol. The number of aryl methyl sites for hydroxylation is 1. The van der Waals surface area contributed by atoms with E-state index in [1.54, 1.807) is 0 Å². The van der Waals surface area contributed by atoms with Crippen molar-refractivity contribution in [2.45, 2.75) is 19.8 Å². The molecular formula is C31H29N5O. The normalized spacial score (nSPS) is 15.8. The fourth-order valence-corrected chi connectivity index (χ4v) is 5.35. The number of benzene rings is 3. The molecule has 7 rings (SSSR count). The first-order valence-electron chi connectivity index (χ1n) is 13.1. The predicted molar refractivity (Wildman–Crippen MR) is 152 cm³/mol. The van der Waals surface area contributed by atoms with Crippen LogP contribution in [0.15, 0.2) is 81.1 Å². The molecule has 0 spiro atoms. The van der Waals surface area contributed by atoms with Crippen LogP contribution in [0.25, 0.3) is 44.5 Å². The molecule has 0 bridgehead atoms. The van der Waals surface area contributed by atoms with Crippen LogP contribution in [0.2, 0.25) is 0 Å². The largest absolute Gasteiger partial charge is 0.456 e. The molecule has 2 aliphatic rings. The lowest BCUT2D eigenvalue weighted by Crippen LogP contribution is -2.30. The molecule has 4 heterocycles. The lowest BCUT2D eigenvalue weighted by atomic mass is 10.0. The van der Waals surface area contributed by atoms with E-state index in [1.165, 1.54) is 10.9 Å². The second-order valence-corrected chi connectivity index (χ2v) is 9.85. The van der Waals surface area contributed by atoms with Gasteiger partial charge in [0.2, 0.25) is 0 Å². The van der Waals surface area contributed by atoms with Crippen LogP contribution in [0.1, 0.15) is 29.5 Å². The molecule has 0 aliphatic carbocycles. The number of nitrogens with one attached hydrogen (secondary N) is 3. The zero-order valence-electron chi connectivity index (χ0n) is 20.9. The molecular weight excluding hydrogens is 458 g/mol. The summed E-state index contributed by atoms with van der Waals surface area (Å²) >= 11 is 0. The van der Waals surface area contributed by atoms with Crippen LogP contribution in [0.5, 0.6) is 0 Å². The number of aromatic amines is 1. The van der Waals surface area contributed by atoms with Gasteiger partial charge in [-0.2, -0.15) is 0 Å². The molecule has 0 unspecified atom stereocenters. The van der Waals surface area contributed by atoms with E-state index in [-0.39, 0.29) is 0 Å². The Balaban J connectivity index is 1.18. The van der Waals surface area contributed by atoms with Gasteiger partial charge >= 0.3 is 0 Å². The van der Waals surface area contributed by atoms with Crippen molar-refractivity contribution in [3.63, 3.8) is 0 Å². The number of nitrogens with zero attached hydrogens (tertiary/aromatic N) is 2. The number of hydrogen-bond donors (Lipinski definition) is 3. The second kappa shape index (κ2) is 8.96. The Bertz CT molecular complexity index is 1690. The van der Waals surface area contributed by atoms with E-state index in [1.807, 2.05) is 0 Å². The zero-order valence-corrected chi connectivity index (χ0v) is 20.9. The van der Waals surface area contributed by atoms with Crippen molar-refractivity contribution >= 4 is 33.5 Å². The molecule has 2 aliphatic heterocycles. The first-order chi connectivity index (χ1) is 18.2. The summed E-state index contributed by atoms with van der Waals surface area (Å²) in [6.45, 7) is 5.90. The number of aromatic nitrogens is 1. The van der Waals surface area contributed by atoms with Crippen LogP contribution in [0.3, 0.4) is 0 Å². The topological polar surface area (TPSA) is 77.7 Å². The molecule has 0 atom stereocenters. The van der Waals surface area contributed by atoms with Crippen molar-refractivity contribution in [2.24, 2.45) is 9.98 Å². The molecule has 37 heavy (non-hydrogen) atoms. The van der Waals surface area contributed by atoms with Crippen molar-refractivity contribution in [1.29, 1.82) is 0 Å². The lowest BCUT2D eigenvalue weighted by molar-refractivity contribution is 0.631. The van der Waals surface area contributed by atoms with E-state index in [9.17, 15) is 0 Å². The Kier molecular flexibility index (Phi) is 5.31. The highest BCUT2D eigenvalue weighted by Gasteiger charge is 2.15. The number of furan rings is 1. The average Bonchev–Trinajstić information content (AvgIpc) is 3.54. The van der Waals surface area contributed by atoms with Gasteiger partial charge in [0.15, 0.2) is 0 Å². The fourth-order valence-electron chi connectivity index (χ4n) is 5.35. The third kappa shape index (κ3) is 3.99. The van der Waals surface area contributed by atoms with Gasteiger partial charge in [0, 0.05) is 64.9 Å². The highest BCUT2D eigenvalue weighted by molar-refractivity contribution is 6.03. The molecule has 3 aromatic carbocycles. The Morgan fingerprint density at radius 3 is 2.05 bits per heavy atom. The van der Waals surface area contributed by atoms with Crippen molar-refractivity contribution < 1.29 is 4.42 Å². The molecule has 6 nitrogen and oxygen atoms in total. The first kappa shape index (κ1) is 21.9.